The summed E-state index contributed by atoms with van der Waals surface area (Å²) in [6.45, 7) is 2.22. The molecule has 0 amide bonds. The molecule has 0 bridgehead atoms. The van der Waals surface area contributed by atoms with Crippen molar-refractivity contribution < 1.29 is 36.5 Å². The molecule has 0 spiro atoms. The Bertz CT molecular complexity index is 1330. The first-order valence-electron chi connectivity index (χ1n) is 13.4. The Morgan fingerprint density at radius 3 is 2.23 bits per heavy atom. The molecule has 39 heavy (non-hydrogen) atoms. The lowest BCUT2D eigenvalue weighted by Gasteiger charge is -2.29. The van der Waals surface area contributed by atoms with E-state index in [1.165, 1.54) is 36.4 Å². The summed E-state index contributed by atoms with van der Waals surface area (Å²) in [6.07, 6.45) is 1.79. The highest BCUT2D eigenvalue weighted by atomic mass is 19.2. The molecule has 1 saturated carbocycles. The molecule has 1 saturated heterocycles. The van der Waals surface area contributed by atoms with Crippen molar-refractivity contribution in [2.24, 2.45) is 0 Å². The van der Waals surface area contributed by atoms with Gasteiger partial charge in [-0.1, -0.05) is 49.7 Å². The minimum Gasteiger partial charge on any atom is -0.388 e. The van der Waals surface area contributed by atoms with E-state index >= 15 is 0 Å². The Balaban J connectivity index is 1.18. The van der Waals surface area contributed by atoms with E-state index in [1.807, 2.05) is 6.92 Å². The number of ether oxygens (including phenoxy) is 2. The first-order chi connectivity index (χ1) is 18.8. The van der Waals surface area contributed by atoms with Crippen LogP contribution in [-0.4, -0.2) is 17.8 Å². The SMILES string of the molecule is CCCC(O)c1ccc(C2CCC(OCc3ccc(-c4ccc(C5CO5)c(F)c4F)cc3F)CC2)c(F)c1F. The molecule has 2 atom stereocenters. The molecule has 1 aliphatic heterocycles. The molecule has 3 aromatic rings. The zero-order chi connectivity index (χ0) is 27.7. The molecule has 2 fully saturated rings. The summed E-state index contributed by atoms with van der Waals surface area (Å²) in [4.78, 5) is 0. The monoisotopic (exact) mass is 546 g/mol. The summed E-state index contributed by atoms with van der Waals surface area (Å²) in [5, 5.41) is 10.1. The molecule has 1 N–H and O–H groups in total. The predicted octanol–water partition coefficient (Wildman–Crippen LogP) is 8.20. The van der Waals surface area contributed by atoms with E-state index < -0.39 is 41.3 Å². The number of hydrogen-bond acceptors (Lipinski definition) is 3. The van der Waals surface area contributed by atoms with Crippen LogP contribution >= 0.6 is 0 Å². The largest absolute Gasteiger partial charge is 0.388 e. The van der Waals surface area contributed by atoms with Crippen molar-refractivity contribution in [2.75, 3.05) is 6.61 Å². The first kappa shape index (κ1) is 27.7. The Morgan fingerprint density at radius 1 is 0.872 bits per heavy atom. The summed E-state index contributed by atoms with van der Waals surface area (Å²) in [5.74, 6) is -4.65. The topological polar surface area (TPSA) is 42.0 Å². The number of aliphatic hydroxyl groups excluding tert-OH is 1. The highest BCUT2D eigenvalue weighted by Crippen LogP contribution is 2.38. The van der Waals surface area contributed by atoms with Gasteiger partial charge in [-0.15, -0.1) is 0 Å². The van der Waals surface area contributed by atoms with E-state index in [0.29, 0.717) is 56.3 Å². The van der Waals surface area contributed by atoms with Gasteiger partial charge in [-0.2, -0.15) is 0 Å². The van der Waals surface area contributed by atoms with Gasteiger partial charge in [0.25, 0.3) is 0 Å². The third kappa shape index (κ3) is 5.88. The quantitative estimate of drug-likeness (QED) is 0.217. The van der Waals surface area contributed by atoms with Crippen molar-refractivity contribution in [3.8, 4) is 11.1 Å². The second-order valence-corrected chi connectivity index (χ2v) is 10.4. The molecular formula is C31H31F5O3. The molecule has 3 nitrogen and oxygen atoms in total. The van der Waals surface area contributed by atoms with Crippen LogP contribution in [0.1, 0.15) is 85.8 Å². The van der Waals surface area contributed by atoms with Crippen LogP contribution < -0.4 is 0 Å². The lowest BCUT2D eigenvalue weighted by atomic mass is 9.82. The minimum absolute atomic E-state index is 0.00322. The van der Waals surface area contributed by atoms with Crippen LogP contribution in [0.3, 0.4) is 0 Å². The molecule has 1 heterocycles. The van der Waals surface area contributed by atoms with Crippen LogP contribution in [-0.2, 0) is 16.1 Å². The number of epoxide rings is 1. The van der Waals surface area contributed by atoms with Gasteiger partial charge in [0.2, 0.25) is 0 Å². The zero-order valence-corrected chi connectivity index (χ0v) is 21.7. The van der Waals surface area contributed by atoms with E-state index in [-0.39, 0.29) is 40.9 Å². The molecule has 0 radical (unpaired) electrons. The summed E-state index contributed by atoms with van der Waals surface area (Å²) < 4.78 is 84.2. The van der Waals surface area contributed by atoms with Gasteiger partial charge in [0.05, 0.1) is 25.4 Å². The Labute approximate surface area is 224 Å². The number of rotatable bonds is 9. The summed E-state index contributed by atoms with van der Waals surface area (Å²) >= 11 is 0. The van der Waals surface area contributed by atoms with Crippen LogP contribution in [0.4, 0.5) is 22.0 Å². The standard InChI is InChI=1S/C31H31F5O3/c1-2-3-26(37)23-12-10-21(28(33)30(23)35)17-6-8-20(9-7-17)38-15-19-5-4-18(14-25(19)32)22-11-13-24(27-16-39-27)31(36)29(22)34/h4-5,10-14,17,20,26-27,37H,2-3,6-9,15-16H2,1H3. The second kappa shape index (κ2) is 11.7. The van der Waals surface area contributed by atoms with Crippen LogP contribution in [0.2, 0.25) is 0 Å². The lowest BCUT2D eigenvalue weighted by Crippen LogP contribution is -2.22. The Kier molecular flexibility index (Phi) is 8.35. The maximum Gasteiger partial charge on any atom is 0.167 e. The molecule has 1 aliphatic carbocycles. The molecule has 3 aromatic carbocycles. The first-order valence-corrected chi connectivity index (χ1v) is 13.4. The molecule has 208 valence electrons. The van der Waals surface area contributed by atoms with Gasteiger partial charge >= 0.3 is 0 Å². The van der Waals surface area contributed by atoms with Crippen molar-refractivity contribution in [3.05, 3.63) is 93.8 Å². The van der Waals surface area contributed by atoms with Crippen LogP contribution in [0, 0.1) is 29.1 Å². The molecule has 2 unspecified atom stereocenters. The third-order valence-electron chi connectivity index (χ3n) is 7.81. The van der Waals surface area contributed by atoms with E-state index in [2.05, 4.69) is 0 Å². The second-order valence-electron chi connectivity index (χ2n) is 10.4. The Morgan fingerprint density at radius 2 is 1.56 bits per heavy atom. The third-order valence-corrected chi connectivity index (χ3v) is 7.81. The minimum atomic E-state index is -1.04. The van der Waals surface area contributed by atoms with Crippen molar-refractivity contribution in [1.82, 2.24) is 0 Å². The van der Waals surface area contributed by atoms with Crippen LogP contribution in [0.15, 0.2) is 42.5 Å². The fourth-order valence-corrected chi connectivity index (χ4v) is 5.42. The van der Waals surface area contributed by atoms with Crippen LogP contribution in [0.25, 0.3) is 11.1 Å². The van der Waals surface area contributed by atoms with E-state index in [0.717, 1.165) is 0 Å². The molecule has 2 aliphatic rings. The highest BCUT2D eigenvalue weighted by Gasteiger charge is 2.31. The Hall–Kier alpha value is -2.81. The summed E-state index contributed by atoms with van der Waals surface area (Å²) in [5.41, 5.74) is 0.936. The normalized spacial score (nSPS) is 21.7. The molecule has 8 heteroatoms. The average Bonchev–Trinajstić information content (AvgIpc) is 3.77. The van der Waals surface area contributed by atoms with Gasteiger partial charge in [0, 0.05) is 22.3 Å². The fraction of sp³-hybridized carbons (Fsp3) is 0.419. The fourth-order valence-electron chi connectivity index (χ4n) is 5.42. The maximum absolute atomic E-state index is 14.8. The van der Waals surface area contributed by atoms with Crippen molar-refractivity contribution in [3.63, 3.8) is 0 Å². The molecule has 0 aromatic heterocycles. The number of halogens is 5. The van der Waals surface area contributed by atoms with Crippen molar-refractivity contribution in [2.45, 2.75) is 76.3 Å². The molecule has 5 rings (SSSR count). The lowest BCUT2D eigenvalue weighted by molar-refractivity contribution is 0.0119. The predicted molar refractivity (Wildman–Crippen MR) is 136 cm³/mol. The summed E-state index contributed by atoms with van der Waals surface area (Å²) in [6, 6.07) is 10.1. The van der Waals surface area contributed by atoms with Gasteiger partial charge in [0.15, 0.2) is 23.3 Å². The van der Waals surface area contributed by atoms with Crippen LogP contribution in [0.5, 0.6) is 0 Å². The van der Waals surface area contributed by atoms with Gasteiger partial charge in [-0.3, -0.25) is 0 Å². The highest BCUT2D eigenvalue weighted by molar-refractivity contribution is 5.65. The maximum atomic E-state index is 14.8. The average molecular weight is 547 g/mol. The van der Waals surface area contributed by atoms with Crippen molar-refractivity contribution in [1.29, 1.82) is 0 Å². The van der Waals surface area contributed by atoms with Gasteiger partial charge in [-0.25, -0.2) is 22.0 Å². The van der Waals surface area contributed by atoms with Gasteiger partial charge in [0.1, 0.15) is 11.9 Å². The van der Waals surface area contributed by atoms with Crippen molar-refractivity contribution >= 4 is 0 Å². The smallest absolute Gasteiger partial charge is 0.167 e. The number of hydrogen-bond donors (Lipinski definition) is 1. The van der Waals surface area contributed by atoms with Gasteiger partial charge in [-0.05, 0) is 55.2 Å². The zero-order valence-electron chi connectivity index (χ0n) is 21.7. The number of benzene rings is 3. The van der Waals surface area contributed by atoms with E-state index in [4.69, 9.17) is 9.47 Å². The number of aliphatic hydroxyl groups is 1. The van der Waals surface area contributed by atoms with E-state index in [1.54, 1.807) is 6.07 Å². The van der Waals surface area contributed by atoms with E-state index in [9.17, 15) is 27.1 Å². The molecular weight excluding hydrogens is 515 g/mol. The summed E-state index contributed by atoms with van der Waals surface area (Å²) in [7, 11) is 0. The van der Waals surface area contributed by atoms with Gasteiger partial charge < -0.3 is 14.6 Å².